The molecule has 0 amide bonds. The van der Waals surface area contributed by atoms with E-state index >= 15 is 0 Å². The van der Waals surface area contributed by atoms with Crippen LogP contribution in [-0.2, 0) is 10.8 Å². The van der Waals surface area contributed by atoms with Crippen LogP contribution in [0.2, 0.25) is 0 Å². The third kappa shape index (κ3) is 5.38. The highest BCUT2D eigenvalue weighted by Crippen LogP contribution is 2.59. The molecule has 2 aliphatic rings. The quantitative estimate of drug-likeness (QED) is 0.166. The number of rotatable bonds is 3. The number of anilines is 3. The van der Waals surface area contributed by atoms with Gasteiger partial charge in [-0.15, -0.1) is 0 Å². The predicted molar refractivity (Wildman–Crippen MR) is 280 cm³/mol. The summed E-state index contributed by atoms with van der Waals surface area (Å²) in [4.78, 5) is 18.9. The van der Waals surface area contributed by atoms with Gasteiger partial charge in [-0.3, -0.25) is 4.90 Å². The molecule has 316 valence electrons. The molecule has 67 heavy (non-hydrogen) atoms. The lowest BCUT2D eigenvalue weighted by molar-refractivity contribution is 0.627. The SMILES string of the molecule is CC1(C)c2cc3c(cc2-c2cc4c5ccccc5c5ccccc5c4cc21)C(C)(C)c1cc2ccccc2cc1N3c1nc(-c2cccc3ccccc23)nc(-c2cccc3ccccc23)n1. The first-order valence-corrected chi connectivity index (χ1v) is 23.4. The van der Waals surface area contributed by atoms with E-state index in [4.69, 9.17) is 15.0 Å². The second-order valence-electron chi connectivity index (χ2n) is 19.6. The van der Waals surface area contributed by atoms with E-state index in [1.807, 2.05) is 0 Å². The fourth-order valence-corrected chi connectivity index (χ4v) is 11.8. The van der Waals surface area contributed by atoms with Crippen LogP contribution in [0.3, 0.4) is 0 Å². The van der Waals surface area contributed by atoms with Crippen LogP contribution in [0.5, 0.6) is 0 Å². The van der Waals surface area contributed by atoms with E-state index in [-0.39, 0.29) is 10.8 Å². The molecule has 0 bridgehead atoms. The molecule has 0 spiro atoms. The average Bonchev–Trinajstić information content (AvgIpc) is 3.58. The molecule has 2 heterocycles. The first kappa shape index (κ1) is 38.1. The summed E-state index contributed by atoms with van der Waals surface area (Å²) in [6.45, 7) is 9.58. The molecular formula is C63H44N4. The third-order valence-corrected chi connectivity index (χ3v) is 15.2. The van der Waals surface area contributed by atoms with Gasteiger partial charge in [0.05, 0.1) is 11.4 Å². The maximum atomic E-state index is 5.58. The zero-order chi connectivity index (χ0) is 44.8. The Morgan fingerprint density at radius 3 is 1.28 bits per heavy atom. The van der Waals surface area contributed by atoms with Crippen molar-refractivity contribution in [2.24, 2.45) is 0 Å². The van der Waals surface area contributed by atoms with Crippen LogP contribution in [-0.4, -0.2) is 15.0 Å². The van der Waals surface area contributed by atoms with Crippen LogP contribution in [0.25, 0.3) is 98.5 Å². The van der Waals surface area contributed by atoms with Crippen molar-refractivity contribution in [2.75, 3.05) is 4.90 Å². The van der Waals surface area contributed by atoms with Gasteiger partial charge in [-0.1, -0.05) is 185 Å². The van der Waals surface area contributed by atoms with E-state index in [1.54, 1.807) is 0 Å². The molecule has 14 rings (SSSR count). The Morgan fingerprint density at radius 1 is 0.299 bits per heavy atom. The van der Waals surface area contributed by atoms with E-state index in [9.17, 15) is 0 Å². The predicted octanol–water partition coefficient (Wildman–Crippen LogP) is 16.5. The minimum absolute atomic E-state index is 0.304. The molecule has 0 fully saturated rings. The molecular weight excluding hydrogens is 813 g/mol. The Bertz CT molecular complexity index is 4020. The Morgan fingerprint density at radius 2 is 0.701 bits per heavy atom. The van der Waals surface area contributed by atoms with Crippen molar-refractivity contribution in [3.63, 3.8) is 0 Å². The second kappa shape index (κ2) is 13.7. The van der Waals surface area contributed by atoms with E-state index in [0.29, 0.717) is 17.6 Å². The monoisotopic (exact) mass is 856 g/mol. The first-order chi connectivity index (χ1) is 32.7. The van der Waals surface area contributed by atoms with E-state index in [0.717, 1.165) is 44.0 Å². The largest absolute Gasteiger partial charge is 0.278 e. The molecule has 1 aromatic heterocycles. The molecule has 0 N–H and O–H groups in total. The summed E-state index contributed by atoms with van der Waals surface area (Å²) in [6.07, 6.45) is 0. The maximum Gasteiger partial charge on any atom is 0.238 e. The van der Waals surface area contributed by atoms with Crippen LogP contribution in [0.15, 0.2) is 194 Å². The van der Waals surface area contributed by atoms with Crippen molar-refractivity contribution in [3.8, 4) is 33.9 Å². The smallest absolute Gasteiger partial charge is 0.238 e. The van der Waals surface area contributed by atoms with Crippen LogP contribution in [0.4, 0.5) is 17.3 Å². The molecule has 0 unspecified atom stereocenters. The number of benzene rings is 11. The van der Waals surface area contributed by atoms with Gasteiger partial charge in [0.25, 0.3) is 0 Å². The van der Waals surface area contributed by atoms with Gasteiger partial charge in [-0.2, -0.15) is 9.97 Å². The van der Waals surface area contributed by atoms with Crippen LogP contribution in [0.1, 0.15) is 49.9 Å². The van der Waals surface area contributed by atoms with Crippen LogP contribution in [0, 0.1) is 0 Å². The lowest BCUT2D eigenvalue weighted by atomic mass is 9.71. The van der Waals surface area contributed by atoms with Gasteiger partial charge in [0.15, 0.2) is 11.6 Å². The number of fused-ring (bicyclic) bond motifs is 14. The molecule has 4 heteroatoms. The molecule has 12 aromatic rings. The standard InChI is InChI=1S/C63H44N4/c1-62(2)53-34-50-46-28-14-12-26-44(46)43-25-11-13-27-45(43)49(50)33-51(53)52-35-56-58(36-54(52)62)67(57-32-40-20-6-5-19-39(40)31-55(57)63(56,3)4)61-65-59(47-29-15-21-37-17-7-9-23-41(37)47)64-60(66-61)48-30-16-22-38-18-8-10-24-42(38)48/h5-36H,1-4H3. The second-order valence-corrected chi connectivity index (χ2v) is 19.6. The zero-order valence-electron chi connectivity index (χ0n) is 37.8. The van der Waals surface area contributed by atoms with Crippen molar-refractivity contribution >= 4 is 82.0 Å². The van der Waals surface area contributed by atoms with Gasteiger partial charge in [-0.05, 0) is 134 Å². The van der Waals surface area contributed by atoms with Gasteiger partial charge in [-0.25, -0.2) is 4.98 Å². The molecule has 0 atom stereocenters. The summed E-state index contributed by atoms with van der Waals surface area (Å²) in [6, 6.07) is 71.1. The van der Waals surface area contributed by atoms with Gasteiger partial charge >= 0.3 is 0 Å². The summed E-state index contributed by atoms with van der Waals surface area (Å²) in [5, 5.41) is 14.6. The molecule has 0 saturated carbocycles. The molecule has 1 aliphatic carbocycles. The summed E-state index contributed by atoms with van der Waals surface area (Å²) in [7, 11) is 0. The van der Waals surface area contributed by atoms with Crippen molar-refractivity contribution in [1.82, 2.24) is 15.0 Å². The van der Waals surface area contributed by atoms with Crippen LogP contribution >= 0.6 is 0 Å². The van der Waals surface area contributed by atoms with E-state index < -0.39 is 0 Å². The Labute approximate surface area is 388 Å². The summed E-state index contributed by atoms with van der Waals surface area (Å²) in [5.41, 5.74) is 11.1. The number of hydrogen-bond acceptors (Lipinski definition) is 4. The molecule has 11 aromatic carbocycles. The summed E-state index contributed by atoms with van der Waals surface area (Å²) in [5.74, 6) is 1.86. The molecule has 1 aliphatic heterocycles. The molecule has 4 nitrogen and oxygen atoms in total. The topological polar surface area (TPSA) is 41.9 Å². The normalized spacial score (nSPS) is 14.5. The van der Waals surface area contributed by atoms with Crippen molar-refractivity contribution in [3.05, 3.63) is 216 Å². The average molecular weight is 857 g/mol. The number of hydrogen-bond donors (Lipinski definition) is 0. The number of aromatic nitrogens is 3. The van der Waals surface area contributed by atoms with Crippen LogP contribution < -0.4 is 4.90 Å². The van der Waals surface area contributed by atoms with Crippen molar-refractivity contribution in [2.45, 2.75) is 38.5 Å². The fraction of sp³-hybridized carbons (Fsp3) is 0.0952. The fourth-order valence-electron chi connectivity index (χ4n) is 11.8. The van der Waals surface area contributed by atoms with Gasteiger partial charge < -0.3 is 0 Å². The number of nitrogens with zero attached hydrogens (tertiary/aromatic N) is 4. The van der Waals surface area contributed by atoms with Gasteiger partial charge in [0, 0.05) is 22.0 Å². The van der Waals surface area contributed by atoms with Crippen molar-refractivity contribution in [1.29, 1.82) is 0 Å². The Kier molecular flexibility index (Phi) is 7.77. The van der Waals surface area contributed by atoms with Gasteiger partial charge in [0.2, 0.25) is 5.95 Å². The van der Waals surface area contributed by atoms with Gasteiger partial charge in [0.1, 0.15) is 0 Å². The highest BCUT2D eigenvalue weighted by atomic mass is 15.3. The summed E-state index contributed by atoms with van der Waals surface area (Å²) >= 11 is 0. The minimum Gasteiger partial charge on any atom is -0.278 e. The highest BCUT2D eigenvalue weighted by Gasteiger charge is 2.43. The molecule has 0 radical (unpaired) electrons. The Balaban J connectivity index is 1.07. The Hall–Kier alpha value is -8.21. The highest BCUT2D eigenvalue weighted by molar-refractivity contribution is 6.26. The maximum absolute atomic E-state index is 5.58. The summed E-state index contributed by atoms with van der Waals surface area (Å²) < 4.78 is 0. The lowest BCUT2D eigenvalue weighted by Gasteiger charge is -2.42. The minimum atomic E-state index is -0.378. The zero-order valence-corrected chi connectivity index (χ0v) is 37.8. The first-order valence-electron chi connectivity index (χ1n) is 23.4. The van der Waals surface area contributed by atoms with E-state index in [2.05, 4.69) is 227 Å². The van der Waals surface area contributed by atoms with E-state index in [1.165, 1.54) is 76.5 Å². The lowest BCUT2D eigenvalue weighted by Crippen LogP contribution is -2.32. The third-order valence-electron chi connectivity index (χ3n) is 15.2. The molecule has 0 saturated heterocycles. The van der Waals surface area contributed by atoms with Crippen molar-refractivity contribution < 1.29 is 0 Å².